The Hall–Kier alpha value is -1.68. The van der Waals surface area contributed by atoms with Crippen molar-refractivity contribution in [2.45, 2.75) is 20.3 Å². The van der Waals surface area contributed by atoms with Gasteiger partial charge in [0.1, 0.15) is 11.0 Å². The van der Waals surface area contributed by atoms with Crippen LogP contribution in [0.2, 0.25) is 5.15 Å². The Morgan fingerprint density at radius 2 is 2.11 bits per heavy atom. The van der Waals surface area contributed by atoms with Gasteiger partial charge in [-0.05, 0) is 25.5 Å². The number of rotatable bonds is 3. The van der Waals surface area contributed by atoms with Gasteiger partial charge in [0, 0.05) is 19.0 Å². The fourth-order valence-corrected chi connectivity index (χ4v) is 2.23. The van der Waals surface area contributed by atoms with E-state index < -0.39 is 5.82 Å². The third kappa shape index (κ3) is 2.54. The molecule has 0 aliphatic rings. The predicted molar refractivity (Wildman–Crippen MR) is 72.1 cm³/mol. The van der Waals surface area contributed by atoms with E-state index in [0.717, 1.165) is 0 Å². The summed E-state index contributed by atoms with van der Waals surface area (Å²) in [5.41, 5.74) is 1.89. The lowest BCUT2D eigenvalue weighted by atomic mass is 10.0. The molecule has 0 saturated carbocycles. The molecule has 1 aromatic carbocycles. The Balaban J connectivity index is 2.34. The van der Waals surface area contributed by atoms with Gasteiger partial charge in [0.25, 0.3) is 0 Å². The van der Waals surface area contributed by atoms with Crippen molar-refractivity contribution in [2.24, 2.45) is 7.05 Å². The lowest BCUT2D eigenvalue weighted by Crippen LogP contribution is -2.08. The zero-order valence-electron chi connectivity index (χ0n) is 11.0. The van der Waals surface area contributed by atoms with E-state index in [1.807, 2.05) is 0 Å². The van der Waals surface area contributed by atoms with Crippen molar-refractivity contribution < 1.29 is 9.18 Å². The Labute approximate surface area is 116 Å². The van der Waals surface area contributed by atoms with Crippen molar-refractivity contribution in [1.29, 1.82) is 0 Å². The van der Waals surface area contributed by atoms with Gasteiger partial charge in [0.05, 0.1) is 11.3 Å². The number of carbonyl (C=O) groups is 1. The predicted octanol–water partition coefficient (Wildman–Crippen LogP) is 3.25. The molecule has 1 heterocycles. The number of hydrogen-bond acceptors (Lipinski definition) is 2. The number of nitrogens with zero attached hydrogens (tertiary/aromatic N) is 2. The number of benzene rings is 1. The molecule has 0 unspecified atom stereocenters. The molecule has 5 heteroatoms. The molecular weight excluding hydrogens is 267 g/mol. The summed E-state index contributed by atoms with van der Waals surface area (Å²) in [5.74, 6) is -0.760. The summed E-state index contributed by atoms with van der Waals surface area (Å²) in [7, 11) is 1.70. The van der Waals surface area contributed by atoms with E-state index in [-0.39, 0.29) is 17.8 Å². The molecule has 1 aromatic heterocycles. The molecule has 0 radical (unpaired) electrons. The largest absolute Gasteiger partial charge is 0.294 e. The van der Waals surface area contributed by atoms with Crippen LogP contribution in [0.3, 0.4) is 0 Å². The standard InChI is InChI=1S/C14H14ClFN2O/c1-8-5-4-6-10(13(8)16)12(19)7-11-9(2)17-18(3)14(11)15/h4-6H,7H2,1-3H3. The fraction of sp³-hybridized carbons (Fsp3) is 0.286. The summed E-state index contributed by atoms with van der Waals surface area (Å²) in [6, 6.07) is 4.79. The molecule has 0 amide bonds. The molecule has 19 heavy (non-hydrogen) atoms. The lowest BCUT2D eigenvalue weighted by molar-refractivity contribution is 0.0988. The van der Waals surface area contributed by atoms with Crippen LogP contribution in [-0.4, -0.2) is 15.6 Å². The van der Waals surface area contributed by atoms with E-state index in [0.29, 0.717) is 22.0 Å². The van der Waals surface area contributed by atoms with Crippen LogP contribution in [0.5, 0.6) is 0 Å². The molecular formula is C14H14ClFN2O. The van der Waals surface area contributed by atoms with Crippen molar-refractivity contribution >= 4 is 17.4 Å². The van der Waals surface area contributed by atoms with E-state index in [9.17, 15) is 9.18 Å². The zero-order valence-corrected chi connectivity index (χ0v) is 11.8. The van der Waals surface area contributed by atoms with Gasteiger partial charge < -0.3 is 0 Å². The first kappa shape index (κ1) is 13.7. The third-order valence-electron chi connectivity index (χ3n) is 3.10. The average molecular weight is 281 g/mol. The van der Waals surface area contributed by atoms with Crippen LogP contribution in [0.4, 0.5) is 4.39 Å². The third-order valence-corrected chi connectivity index (χ3v) is 3.57. The first-order valence-corrected chi connectivity index (χ1v) is 6.26. The average Bonchev–Trinajstić information content (AvgIpc) is 2.59. The van der Waals surface area contributed by atoms with E-state index in [1.165, 1.54) is 10.7 Å². The highest BCUT2D eigenvalue weighted by Gasteiger charge is 2.19. The van der Waals surface area contributed by atoms with Gasteiger partial charge >= 0.3 is 0 Å². The number of halogens is 2. The van der Waals surface area contributed by atoms with Gasteiger partial charge in [-0.15, -0.1) is 0 Å². The topological polar surface area (TPSA) is 34.9 Å². The normalized spacial score (nSPS) is 10.8. The first-order valence-electron chi connectivity index (χ1n) is 5.88. The Bertz CT molecular complexity index is 649. The second kappa shape index (κ2) is 5.13. The fourth-order valence-electron chi connectivity index (χ4n) is 1.99. The second-order valence-corrected chi connectivity index (χ2v) is 4.87. The molecule has 2 rings (SSSR count). The van der Waals surface area contributed by atoms with E-state index >= 15 is 0 Å². The van der Waals surface area contributed by atoms with Gasteiger partial charge in [0.15, 0.2) is 5.78 Å². The monoisotopic (exact) mass is 280 g/mol. The van der Waals surface area contributed by atoms with E-state index in [4.69, 9.17) is 11.6 Å². The van der Waals surface area contributed by atoms with Crippen LogP contribution >= 0.6 is 11.6 Å². The number of aromatic nitrogens is 2. The van der Waals surface area contributed by atoms with E-state index in [1.54, 1.807) is 33.0 Å². The van der Waals surface area contributed by atoms with Gasteiger partial charge in [0.2, 0.25) is 0 Å². The molecule has 0 aliphatic heterocycles. The van der Waals surface area contributed by atoms with Crippen molar-refractivity contribution in [3.63, 3.8) is 0 Å². The smallest absolute Gasteiger partial charge is 0.170 e. The highest BCUT2D eigenvalue weighted by Crippen LogP contribution is 2.22. The minimum Gasteiger partial charge on any atom is -0.294 e. The number of carbonyl (C=O) groups excluding carboxylic acids is 1. The highest BCUT2D eigenvalue weighted by atomic mass is 35.5. The summed E-state index contributed by atoms with van der Waals surface area (Å²) in [6.07, 6.45) is 0.0544. The van der Waals surface area contributed by atoms with Crippen LogP contribution in [0, 0.1) is 19.7 Å². The molecule has 0 atom stereocenters. The number of aryl methyl sites for hydroxylation is 3. The minimum atomic E-state index is -0.467. The summed E-state index contributed by atoms with van der Waals surface area (Å²) in [6.45, 7) is 3.41. The maximum atomic E-state index is 13.9. The summed E-state index contributed by atoms with van der Waals surface area (Å²) in [4.78, 5) is 12.2. The molecule has 0 fully saturated rings. The van der Waals surface area contributed by atoms with Crippen LogP contribution < -0.4 is 0 Å². The van der Waals surface area contributed by atoms with E-state index in [2.05, 4.69) is 5.10 Å². The Morgan fingerprint density at radius 3 is 2.68 bits per heavy atom. The minimum absolute atomic E-state index is 0.0544. The highest BCUT2D eigenvalue weighted by molar-refractivity contribution is 6.30. The molecule has 0 spiro atoms. The SMILES string of the molecule is Cc1cccc(C(=O)Cc2c(C)nn(C)c2Cl)c1F. The number of hydrogen-bond donors (Lipinski definition) is 0. The lowest BCUT2D eigenvalue weighted by Gasteiger charge is -2.05. The maximum Gasteiger partial charge on any atom is 0.170 e. The second-order valence-electron chi connectivity index (χ2n) is 4.51. The van der Waals surface area contributed by atoms with Crippen molar-refractivity contribution in [2.75, 3.05) is 0 Å². The van der Waals surface area contributed by atoms with Crippen molar-refractivity contribution in [1.82, 2.24) is 9.78 Å². The Morgan fingerprint density at radius 1 is 1.42 bits per heavy atom. The quantitative estimate of drug-likeness (QED) is 0.809. The molecule has 0 aliphatic carbocycles. The van der Waals surface area contributed by atoms with Crippen LogP contribution in [0.1, 0.15) is 27.2 Å². The molecule has 0 N–H and O–H groups in total. The maximum absolute atomic E-state index is 13.9. The summed E-state index contributed by atoms with van der Waals surface area (Å²) in [5, 5.41) is 4.55. The molecule has 0 saturated heterocycles. The van der Waals surface area contributed by atoms with Crippen molar-refractivity contribution in [3.05, 3.63) is 51.6 Å². The van der Waals surface area contributed by atoms with Gasteiger partial charge in [-0.1, -0.05) is 23.7 Å². The summed E-state index contributed by atoms with van der Waals surface area (Å²) >= 11 is 6.07. The molecule has 0 bridgehead atoms. The molecule has 100 valence electrons. The van der Waals surface area contributed by atoms with Crippen LogP contribution in [0.15, 0.2) is 18.2 Å². The number of Topliss-reactive ketones (excluding diaryl/α,β-unsaturated/α-hetero) is 1. The number of ketones is 1. The van der Waals surface area contributed by atoms with Crippen LogP contribution in [-0.2, 0) is 13.5 Å². The Kier molecular flexibility index (Phi) is 3.71. The van der Waals surface area contributed by atoms with Crippen molar-refractivity contribution in [3.8, 4) is 0 Å². The zero-order chi connectivity index (χ0) is 14.2. The van der Waals surface area contributed by atoms with Gasteiger partial charge in [-0.25, -0.2) is 4.39 Å². The molecule has 3 nitrogen and oxygen atoms in total. The van der Waals surface area contributed by atoms with Crippen LogP contribution in [0.25, 0.3) is 0 Å². The molecule has 2 aromatic rings. The first-order chi connectivity index (χ1) is 8.91. The van der Waals surface area contributed by atoms with Gasteiger partial charge in [-0.3, -0.25) is 9.48 Å². The van der Waals surface area contributed by atoms with Gasteiger partial charge in [-0.2, -0.15) is 5.10 Å². The summed E-state index contributed by atoms with van der Waals surface area (Å²) < 4.78 is 15.4.